The third-order valence-electron chi connectivity index (χ3n) is 3.46. The molecule has 0 spiro atoms. The van der Waals surface area contributed by atoms with Crippen LogP contribution in [0.15, 0.2) is 0 Å². The minimum Gasteiger partial charge on any atom is -0.481 e. The number of primary amides is 1. The maximum Gasteiger partial charge on any atom is 0.319 e. The molecular weight excluding hydrogens is 250 g/mol. The molecule has 7 nitrogen and oxygen atoms in total. The van der Waals surface area contributed by atoms with Crippen LogP contribution < -0.4 is 5.73 Å². The van der Waals surface area contributed by atoms with E-state index in [0.717, 1.165) is 0 Å². The van der Waals surface area contributed by atoms with Crippen LogP contribution in [0.2, 0.25) is 0 Å². The molecule has 0 radical (unpaired) electrons. The quantitative estimate of drug-likeness (QED) is 0.748. The number of carboxylic acids is 1. The van der Waals surface area contributed by atoms with Gasteiger partial charge in [0.2, 0.25) is 5.91 Å². The van der Waals surface area contributed by atoms with Gasteiger partial charge >= 0.3 is 12.0 Å². The molecule has 19 heavy (non-hydrogen) atoms. The number of aliphatic carboxylic acids is 1. The fourth-order valence-electron chi connectivity index (χ4n) is 2.16. The summed E-state index contributed by atoms with van der Waals surface area (Å²) in [5.41, 5.74) is 5.23. The number of hydrogen-bond acceptors (Lipinski definition) is 3. The lowest BCUT2D eigenvalue weighted by molar-refractivity contribution is -0.141. The van der Waals surface area contributed by atoms with Gasteiger partial charge in [0.25, 0.3) is 0 Å². The molecule has 3 N–H and O–H groups in total. The molecule has 0 aliphatic carbocycles. The lowest BCUT2D eigenvalue weighted by Crippen LogP contribution is -2.48. The average molecular weight is 271 g/mol. The van der Waals surface area contributed by atoms with Crippen molar-refractivity contribution in [3.05, 3.63) is 0 Å². The second-order valence-corrected chi connectivity index (χ2v) is 5.07. The number of amides is 3. The van der Waals surface area contributed by atoms with Crippen LogP contribution in [0.1, 0.15) is 19.8 Å². The van der Waals surface area contributed by atoms with E-state index in [1.54, 1.807) is 18.9 Å². The van der Waals surface area contributed by atoms with Gasteiger partial charge in [-0.05, 0) is 12.8 Å². The first-order chi connectivity index (χ1) is 8.82. The summed E-state index contributed by atoms with van der Waals surface area (Å²) >= 11 is 0. The van der Waals surface area contributed by atoms with E-state index in [4.69, 9.17) is 10.8 Å². The predicted octanol–water partition coefficient (Wildman–Crippen LogP) is -0.0438. The number of piperidine rings is 1. The van der Waals surface area contributed by atoms with E-state index >= 15 is 0 Å². The lowest BCUT2D eigenvalue weighted by atomic mass is 9.96. The highest BCUT2D eigenvalue weighted by Gasteiger charge is 2.28. The maximum atomic E-state index is 12.1. The van der Waals surface area contributed by atoms with E-state index in [0.29, 0.717) is 25.9 Å². The van der Waals surface area contributed by atoms with Crippen LogP contribution in [-0.2, 0) is 9.59 Å². The highest BCUT2D eigenvalue weighted by Crippen LogP contribution is 2.17. The fourth-order valence-corrected chi connectivity index (χ4v) is 2.16. The van der Waals surface area contributed by atoms with E-state index in [1.165, 1.54) is 4.90 Å². The van der Waals surface area contributed by atoms with Crippen molar-refractivity contribution in [1.82, 2.24) is 9.80 Å². The Bertz CT molecular complexity index is 364. The van der Waals surface area contributed by atoms with Crippen molar-refractivity contribution in [3.63, 3.8) is 0 Å². The van der Waals surface area contributed by atoms with Crippen LogP contribution in [0, 0.1) is 11.8 Å². The molecule has 1 aliphatic heterocycles. The smallest absolute Gasteiger partial charge is 0.319 e. The van der Waals surface area contributed by atoms with Crippen molar-refractivity contribution in [1.29, 1.82) is 0 Å². The number of nitrogens with zero attached hydrogens (tertiary/aromatic N) is 2. The largest absolute Gasteiger partial charge is 0.481 e. The third-order valence-corrected chi connectivity index (χ3v) is 3.46. The Hall–Kier alpha value is -1.79. The van der Waals surface area contributed by atoms with Crippen LogP contribution >= 0.6 is 0 Å². The minimum atomic E-state index is -0.924. The van der Waals surface area contributed by atoms with E-state index in [-0.39, 0.29) is 24.4 Å². The van der Waals surface area contributed by atoms with Gasteiger partial charge in [-0.3, -0.25) is 9.59 Å². The summed E-state index contributed by atoms with van der Waals surface area (Å²) in [5, 5.41) is 8.82. The molecule has 1 rings (SSSR count). The standard InChI is InChI=1S/C12H21N3O4/c1-8(11(17)18)7-14(2)12(19)15-5-3-9(4-6-15)10(13)16/h8-9H,3-7H2,1-2H3,(H2,13,16)(H,17,18). The zero-order chi connectivity index (χ0) is 14.6. The zero-order valence-corrected chi connectivity index (χ0v) is 11.3. The van der Waals surface area contributed by atoms with Gasteiger partial charge in [-0.15, -0.1) is 0 Å². The number of urea groups is 1. The highest BCUT2D eigenvalue weighted by atomic mass is 16.4. The van der Waals surface area contributed by atoms with Gasteiger partial charge in [0.1, 0.15) is 0 Å². The Morgan fingerprint density at radius 1 is 1.37 bits per heavy atom. The van der Waals surface area contributed by atoms with Crippen LogP contribution in [0.25, 0.3) is 0 Å². The third kappa shape index (κ3) is 4.11. The first-order valence-electron chi connectivity index (χ1n) is 6.35. The van der Waals surface area contributed by atoms with Crippen LogP contribution in [-0.4, -0.2) is 59.5 Å². The van der Waals surface area contributed by atoms with E-state index in [1.807, 2.05) is 0 Å². The molecular formula is C12H21N3O4. The van der Waals surface area contributed by atoms with Crippen molar-refractivity contribution < 1.29 is 19.5 Å². The molecule has 7 heteroatoms. The maximum absolute atomic E-state index is 12.1. The molecule has 1 unspecified atom stereocenters. The Balaban J connectivity index is 2.46. The Kier molecular flexibility index (Phi) is 5.14. The molecule has 3 amide bonds. The molecule has 0 aromatic heterocycles. The summed E-state index contributed by atoms with van der Waals surface area (Å²) in [6.07, 6.45) is 1.15. The number of carbonyl (C=O) groups excluding carboxylic acids is 2. The Morgan fingerprint density at radius 2 is 1.89 bits per heavy atom. The van der Waals surface area contributed by atoms with E-state index in [2.05, 4.69) is 0 Å². The average Bonchev–Trinajstić information content (AvgIpc) is 2.37. The Labute approximate surface area is 112 Å². The van der Waals surface area contributed by atoms with Crippen LogP contribution in [0.4, 0.5) is 4.79 Å². The molecule has 0 aromatic carbocycles. The van der Waals surface area contributed by atoms with Gasteiger partial charge < -0.3 is 20.6 Å². The van der Waals surface area contributed by atoms with Crippen molar-refractivity contribution in [2.24, 2.45) is 17.6 Å². The summed E-state index contributed by atoms with van der Waals surface area (Å²) < 4.78 is 0. The second-order valence-electron chi connectivity index (χ2n) is 5.07. The molecule has 0 bridgehead atoms. The number of nitrogens with two attached hydrogens (primary N) is 1. The van der Waals surface area contributed by atoms with E-state index in [9.17, 15) is 14.4 Å². The first-order valence-corrected chi connectivity index (χ1v) is 6.35. The van der Waals surface area contributed by atoms with Gasteiger partial charge in [0.05, 0.1) is 5.92 Å². The predicted molar refractivity (Wildman–Crippen MR) is 68.3 cm³/mol. The summed E-state index contributed by atoms with van der Waals surface area (Å²) in [6, 6.07) is -0.198. The monoisotopic (exact) mass is 271 g/mol. The van der Waals surface area contributed by atoms with Crippen molar-refractivity contribution in [2.45, 2.75) is 19.8 Å². The molecule has 108 valence electrons. The topological polar surface area (TPSA) is 104 Å². The normalized spacial score (nSPS) is 17.9. The van der Waals surface area contributed by atoms with Crippen molar-refractivity contribution in [3.8, 4) is 0 Å². The van der Waals surface area contributed by atoms with Gasteiger partial charge in [-0.2, -0.15) is 0 Å². The molecule has 0 saturated carbocycles. The summed E-state index contributed by atoms with van der Waals surface area (Å²) in [5.74, 6) is -2.00. The van der Waals surface area contributed by atoms with Crippen molar-refractivity contribution in [2.75, 3.05) is 26.7 Å². The second kappa shape index (κ2) is 6.40. The molecule has 0 aromatic rings. The SMILES string of the molecule is CC(CN(C)C(=O)N1CCC(C(N)=O)CC1)C(=O)O. The number of carboxylic acid groups (broad SMARTS) is 1. The molecule has 1 fully saturated rings. The number of hydrogen-bond donors (Lipinski definition) is 2. The van der Waals surface area contributed by atoms with Gasteiger partial charge in [-0.1, -0.05) is 6.92 Å². The van der Waals surface area contributed by atoms with Crippen LogP contribution in [0.5, 0.6) is 0 Å². The number of carbonyl (C=O) groups is 3. The van der Waals surface area contributed by atoms with Gasteiger partial charge in [0, 0.05) is 32.6 Å². The first kappa shape index (κ1) is 15.3. The number of likely N-dealkylation sites (tertiary alicyclic amines) is 1. The summed E-state index contributed by atoms with van der Waals surface area (Å²) in [6.45, 7) is 2.70. The van der Waals surface area contributed by atoms with Gasteiger partial charge in [0.15, 0.2) is 0 Å². The molecule has 1 heterocycles. The highest BCUT2D eigenvalue weighted by molar-refractivity contribution is 5.78. The zero-order valence-electron chi connectivity index (χ0n) is 11.3. The van der Waals surface area contributed by atoms with Crippen LogP contribution in [0.3, 0.4) is 0 Å². The molecule has 1 saturated heterocycles. The number of rotatable bonds is 4. The van der Waals surface area contributed by atoms with E-state index < -0.39 is 11.9 Å². The summed E-state index contributed by atoms with van der Waals surface area (Å²) in [4.78, 5) is 36.9. The Morgan fingerprint density at radius 3 is 2.32 bits per heavy atom. The molecule has 1 aliphatic rings. The van der Waals surface area contributed by atoms with Gasteiger partial charge in [-0.25, -0.2) is 4.79 Å². The van der Waals surface area contributed by atoms with Crippen molar-refractivity contribution >= 4 is 17.9 Å². The minimum absolute atomic E-state index is 0.160. The lowest BCUT2D eigenvalue weighted by Gasteiger charge is -2.34. The molecule has 1 atom stereocenters. The fraction of sp³-hybridized carbons (Fsp3) is 0.750. The summed E-state index contributed by atoms with van der Waals surface area (Å²) in [7, 11) is 1.59.